The van der Waals surface area contributed by atoms with Crippen LogP contribution in [-0.2, 0) is 4.74 Å². The Hall–Kier alpha value is -1.17. The van der Waals surface area contributed by atoms with Crippen molar-refractivity contribution >= 4 is 5.82 Å². The van der Waals surface area contributed by atoms with E-state index >= 15 is 0 Å². The van der Waals surface area contributed by atoms with Crippen molar-refractivity contribution in [2.45, 2.75) is 31.9 Å². The minimum atomic E-state index is -0.00735. The van der Waals surface area contributed by atoms with Gasteiger partial charge in [0.15, 0.2) is 0 Å². The number of anilines is 1. The maximum absolute atomic E-state index is 8.77. The first-order valence-electron chi connectivity index (χ1n) is 6.90. The lowest BCUT2D eigenvalue weighted by molar-refractivity contribution is 0.0158. The summed E-state index contributed by atoms with van der Waals surface area (Å²) in [6, 6.07) is 3.97. The maximum Gasteiger partial charge on any atom is 0.133 e. The number of aliphatic hydroxyl groups is 1. The van der Waals surface area contributed by atoms with Crippen molar-refractivity contribution in [3.8, 4) is 0 Å². The highest BCUT2D eigenvalue weighted by Gasteiger charge is 2.22. The fourth-order valence-corrected chi connectivity index (χ4v) is 2.48. The summed E-state index contributed by atoms with van der Waals surface area (Å²) in [5, 5.41) is 8.77. The molecule has 5 nitrogen and oxygen atoms in total. The quantitative estimate of drug-likeness (QED) is 0.833. The zero-order chi connectivity index (χ0) is 13.7. The van der Waals surface area contributed by atoms with Crippen molar-refractivity contribution in [2.24, 2.45) is 5.73 Å². The van der Waals surface area contributed by atoms with E-state index in [0.29, 0.717) is 6.61 Å². The molecule has 0 bridgehead atoms. The van der Waals surface area contributed by atoms with Crippen molar-refractivity contribution in [3.05, 3.63) is 23.9 Å². The van der Waals surface area contributed by atoms with E-state index in [4.69, 9.17) is 15.6 Å². The summed E-state index contributed by atoms with van der Waals surface area (Å²) in [6.07, 6.45) is 4.00. The summed E-state index contributed by atoms with van der Waals surface area (Å²) in [5.41, 5.74) is 7.09. The molecule has 0 aromatic carbocycles. The van der Waals surface area contributed by atoms with E-state index in [0.717, 1.165) is 37.3 Å². The molecule has 0 unspecified atom stereocenters. The smallest absolute Gasteiger partial charge is 0.133 e. The molecule has 3 N–H and O–H groups in total. The molecule has 106 valence electrons. The predicted octanol–water partition coefficient (Wildman–Crippen LogP) is 1.08. The van der Waals surface area contributed by atoms with Crippen LogP contribution in [0.2, 0.25) is 0 Å². The van der Waals surface area contributed by atoms with Crippen LogP contribution in [-0.4, -0.2) is 42.5 Å². The molecule has 2 rings (SSSR count). The van der Waals surface area contributed by atoms with Crippen LogP contribution in [0.4, 0.5) is 5.82 Å². The zero-order valence-corrected chi connectivity index (χ0v) is 11.5. The molecule has 1 aliphatic heterocycles. The van der Waals surface area contributed by atoms with Gasteiger partial charge in [-0.05, 0) is 25.8 Å². The molecule has 0 amide bonds. The molecular formula is C14H23N3O2. The predicted molar refractivity (Wildman–Crippen MR) is 75.1 cm³/mol. The van der Waals surface area contributed by atoms with E-state index in [1.165, 1.54) is 0 Å². The fraction of sp³-hybridized carbons (Fsp3) is 0.643. The number of aromatic nitrogens is 1. The van der Waals surface area contributed by atoms with Gasteiger partial charge in [-0.15, -0.1) is 0 Å². The molecule has 0 spiro atoms. The van der Waals surface area contributed by atoms with Gasteiger partial charge in [0, 0.05) is 30.9 Å². The highest BCUT2D eigenvalue weighted by Crippen LogP contribution is 2.25. The number of hydrogen-bond acceptors (Lipinski definition) is 5. The lowest BCUT2D eigenvalue weighted by Crippen LogP contribution is -2.38. The number of pyridine rings is 1. The number of rotatable bonds is 5. The third-order valence-electron chi connectivity index (χ3n) is 3.49. The second-order valence-corrected chi connectivity index (χ2v) is 4.99. The molecule has 1 aromatic rings. The highest BCUT2D eigenvalue weighted by molar-refractivity contribution is 5.48. The summed E-state index contributed by atoms with van der Waals surface area (Å²) in [4.78, 5) is 6.75. The monoisotopic (exact) mass is 265 g/mol. The number of piperidine rings is 1. The Morgan fingerprint density at radius 3 is 2.89 bits per heavy atom. The van der Waals surface area contributed by atoms with Gasteiger partial charge in [-0.1, -0.05) is 6.07 Å². The van der Waals surface area contributed by atoms with Crippen LogP contribution in [0.15, 0.2) is 18.3 Å². The van der Waals surface area contributed by atoms with E-state index in [2.05, 4.69) is 9.88 Å². The summed E-state index contributed by atoms with van der Waals surface area (Å²) in [6.45, 7) is 4.35. The average molecular weight is 265 g/mol. The standard InChI is InChI=1S/C14H23N3O2/c1-11(15)13-3-2-6-16-14(13)17-7-4-12(5-8-17)19-10-9-18/h2-3,6,11-12,18H,4-5,7-10,15H2,1H3/t11-/m0/s1. The van der Waals surface area contributed by atoms with Gasteiger partial charge in [0.2, 0.25) is 0 Å². The lowest BCUT2D eigenvalue weighted by atomic mass is 10.1. The second-order valence-electron chi connectivity index (χ2n) is 4.99. The molecule has 2 heterocycles. The third kappa shape index (κ3) is 3.65. The van der Waals surface area contributed by atoms with Crippen molar-refractivity contribution in [2.75, 3.05) is 31.2 Å². The molecule has 1 atom stereocenters. The molecule has 5 heteroatoms. The van der Waals surface area contributed by atoms with Crippen molar-refractivity contribution < 1.29 is 9.84 Å². The molecule has 19 heavy (non-hydrogen) atoms. The van der Waals surface area contributed by atoms with Crippen molar-refractivity contribution in [1.82, 2.24) is 4.98 Å². The highest BCUT2D eigenvalue weighted by atomic mass is 16.5. The zero-order valence-electron chi connectivity index (χ0n) is 11.5. The number of aliphatic hydroxyl groups excluding tert-OH is 1. The summed E-state index contributed by atoms with van der Waals surface area (Å²) < 4.78 is 5.57. The van der Waals surface area contributed by atoms with E-state index in [1.54, 1.807) is 0 Å². The Morgan fingerprint density at radius 2 is 2.26 bits per heavy atom. The van der Waals surface area contributed by atoms with Crippen LogP contribution < -0.4 is 10.6 Å². The van der Waals surface area contributed by atoms with Crippen LogP contribution in [0.3, 0.4) is 0 Å². The Bertz CT molecular complexity index is 390. The van der Waals surface area contributed by atoms with Gasteiger partial charge in [0.1, 0.15) is 5.82 Å². The third-order valence-corrected chi connectivity index (χ3v) is 3.49. The topological polar surface area (TPSA) is 71.6 Å². The second kappa shape index (κ2) is 6.84. The summed E-state index contributed by atoms with van der Waals surface area (Å²) in [5.74, 6) is 0.998. The maximum atomic E-state index is 8.77. The van der Waals surface area contributed by atoms with Gasteiger partial charge in [-0.25, -0.2) is 4.98 Å². The van der Waals surface area contributed by atoms with Crippen LogP contribution >= 0.6 is 0 Å². The molecule has 0 aliphatic carbocycles. The van der Waals surface area contributed by atoms with Crippen LogP contribution in [0.5, 0.6) is 0 Å². The Kier molecular flexibility index (Phi) is 5.13. The number of hydrogen-bond donors (Lipinski definition) is 2. The largest absolute Gasteiger partial charge is 0.394 e. The van der Waals surface area contributed by atoms with Crippen LogP contribution in [0.25, 0.3) is 0 Å². The molecular weight excluding hydrogens is 242 g/mol. The van der Waals surface area contributed by atoms with Gasteiger partial charge in [0.25, 0.3) is 0 Å². The minimum Gasteiger partial charge on any atom is -0.394 e. The first kappa shape index (κ1) is 14.2. The van der Waals surface area contributed by atoms with Crippen molar-refractivity contribution in [1.29, 1.82) is 0 Å². The van der Waals surface area contributed by atoms with Gasteiger partial charge < -0.3 is 20.5 Å². The van der Waals surface area contributed by atoms with E-state index in [-0.39, 0.29) is 18.8 Å². The van der Waals surface area contributed by atoms with E-state index in [9.17, 15) is 0 Å². The van der Waals surface area contributed by atoms with Gasteiger partial charge in [-0.2, -0.15) is 0 Å². The van der Waals surface area contributed by atoms with Crippen molar-refractivity contribution in [3.63, 3.8) is 0 Å². The molecule has 1 saturated heterocycles. The SMILES string of the molecule is C[C@H](N)c1cccnc1N1CCC(OCCO)CC1. The Morgan fingerprint density at radius 1 is 1.53 bits per heavy atom. The molecule has 1 fully saturated rings. The molecule has 1 aromatic heterocycles. The van der Waals surface area contributed by atoms with Gasteiger partial charge in [0.05, 0.1) is 19.3 Å². The summed E-state index contributed by atoms with van der Waals surface area (Å²) in [7, 11) is 0. The van der Waals surface area contributed by atoms with Crippen LogP contribution in [0, 0.1) is 0 Å². The molecule has 1 aliphatic rings. The van der Waals surface area contributed by atoms with Crippen LogP contribution in [0.1, 0.15) is 31.4 Å². The number of nitrogens with two attached hydrogens (primary N) is 1. The fourth-order valence-electron chi connectivity index (χ4n) is 2.48. The molecule has 0 saturated carbocycles. The number of ether oxygens (including phenoxy) is 1. The average Bonchev–Trinajstić information content (AvgIpc) is 2.45. The molecule has 0 radical (unpaired) electrons. The first-order valence-corrected chi connectivity index (χ1v) is 6.90. The number of nitrogens with zero attached hydrogens (tertiary/aromatic N) is 2. The minimum absolute atomic E-state index is 0.00735. The Balaban J connectivity index is 1.98. The van der Waals surface area contributed by atoms with E-state index in [1.807, 2.05) is 25.3 Å². The summed E-state index contributed by atoms with van der Waals surface area (Å²) >= 11 is 0. The van der Waals surface area contributed by atoms with Gasteiger partial charge in [-0.3, -0.25) is 0 Å². The van der Waals surface area contributed by atoms with E-state index < -0.39 is 0 Å². The Labute approximate surface area is 114 Å². The lowest BCUT2D eigenvalue weighted by Gasteiger charge is -2.34. The normalized spacial score (nSPS) is 18.6. The van der Waals surface area contributed by atoms with Gasteiger partial charge >= 0.3 is 0 Å². The first-order chi connectivity index (χ1) is 9.22.